The molecule has 7 heteroatoms. The average molecular weight is 290 g/mol. The van der Waals surface area contributed by atoms with Crippen LogP contribution in [-0.4, -0.2) is 23.2 Å². The molecule has 1 aromatic heterocycles. The molecule has 0 saturated carbocycles. The summed E-state index contributed by atoms with van der Waals surface area (Å²) in [5.74, 6) is -0.147. The van der Waals surface area contributed by atoms with Crippen molar-refractivity contribution in [1.82, 2.24) is 4.98 Å². The van der Waals surface area contributed by atoms with E-state index in [0.29, 0.717) is 22.8 Å². The summed E-state index contributed by atoms with van der Waals surface area (Å²) < 4.78 is 10.7. The van der Waals surface area contributed by atoms with Crippen molar-refractivity contribution < 1.29 is 19.4 Å². The molecule has 2 aromatic rings. The van der Waals surface area contributed by atoms with Crippen molar-refractivity contribution in [2.75, 3.05) is 7.11 Å². The second-order valence-electron chi connectivity index (χ2n) is 3.72. The van der Waals surface area contributed by atoms with E-state index in [-0.39, 0.29) is 11.6 Å². The number of ether oxygens (including phenoxy) is 2. The highest BCUT2D eigenvalue weighted by Crippen LogP contribution is 2.28. The molecule has 1 N–H and O–H groups in total. The van der Waals surface area contributed by atoms with Crippen molar-refractivity contribution in [3.05, 3.63) is 39.8 Å². The third-order valence-corrected chi connectivity index (χ3v) is 3.28. The molecule has 6 nitrogen and oxygen atoms in total. The Bertz CT molecular complexity index is 675. The second-order valence-corrected chi connectivity index (χ2v) is 4.57. The summed E-state index contributed by atoms with van der Waals surface area (Å²) in [6, 6.07) is 6.82. The lowest BCUT2D eigenvalue weighted by atomic mass is 10.2. The van der Waals surface area contributed by atoms with Crippen LogP contribution in [-0.2, 0) is 6.61 Å². The van der Waals surface area contributed by atoms with E-state index in [4.69, 9.17) is 19.8 Å². The van der Waals surface area contributed by atoms with Crippen LogP contribution in [0.2, 0.25) is 0 Å². The molecule has 0 unspecified atom stereocenters. The van der Waals surface area contributed by atoms with Crippen LogP contribution < -0.4 is 9.47 Å². The van der Waals surface area contributed by atoms with Crippen molar-refractivity contribution >= 4 is 17.3 Å². The molecule has 0 bridgehead atoms. The zero-order chi connectivity index (χ0) is 14.5. The number of aromatic carboxylic acids is 1. The van der Waals surface area contributed by atoms with Gasteiger partial charge in [-0.05, 0) is 12.1 Å². The van der Waals surface area contributed by atoms with Crippen LogP contribution in [0.1, 0.15) is 21.1 Å². The SMILES string of the molecule is COc1cc(C#N)ccc1OCc1csc(C(=O)O)n1. The minimum absolute atomic E-state index is 0.0235. The molecule has 0 fully saturated rings. The van der Waals surface area contributed by atoms with E-state index < -0.39 is 5.97 Å². The van der Waals surface area contributed by atoms with Crippen molar-refractivity contribution in [1.29, 1.82) is 5.26 Å². The molecule has 0 aliphatic carbocycles. The predicted octanol–water partition coefficient (Wildman–Crippen LogP) is 2.30. The van der Waals surface area contributed by atoms with Gasteiger partial charge in [-0.25, -0.2) is 9.78 Å². The maximum atomic E-state index is 10.7. The fourth-order valence-corrected chi connectivity index (χ4v) is 2.12. The molecule has 2 rings (SSSR count). The third kappa shape index (κ3) is 3.05. The minimum Gasteiger partial charge on any atom is -0.493 e. The van der Waals surface area contributed by atoms with E-state index in [0.717, 1.165) is 11.3 Å². The molecule has 0 aliphatic heterocycles. The average Bonchev–Trinajstić information content (AvgIpc) is 2.94. The van der Waals surface area contributed by atoms with Crippen molar-refractivity contribution in [2.24, 2.45) is 0 Å². The van der Waals surface area contributed by atoms with Gasteiger partial charge in [0.05, 0.1) is 24.4 Å². The standard InChI is InChI=1S/C13H10N2O4S/c1-18-11-4-8(5-14)2-3-10(11)19-6-9-7-20-12(15-9)13(16)17/h2-4,7H,6H2,1H3,(H,16,17). The molecule has 0 saturated heterocycles. The number of hydrogen-bond acceptors (Lipinski definition) is 6. The number of carboxylic acid groups (broad SMARTS) is 1. The number of methoxy groups -OCH3 is 1. The number of carbonyl (C=O) groups is 1. The van der Waals surface area contributed by atoms with Crippen LogP contribution in [0.15, 0.2) is 23.6 Å². The van der Waals surface area contributed by atoms with Gasteiger partial charge < -0.3 is 14.6 Å². The summed E-state index contributed by atoms with van der Waals surface area (Å²) >= 11 is 1.04. The summed E-state index contributed by atoms with van der Waals surface area (Å²) in [5, 5.41) is 19.2. The van der Waals surface area contributed by atoms with Gasteiger partial charge in [0.1, 0.15) is 6.61 Å². The quantitative estimate of drug-likeness (QED) is 0.908. The summed E-state index contributed by atoms with van der Waals surface area (Å²) in [6.45, 7) is 0.131. The Balaban J connectivity index is 2.10. The maximum Gasteiger partial charge on any atom is 0.365 e. The Kier molecular flexibility index (Phi) is 4.17. The zero-order valence-corrected chi connectivity index (χ0v) is 11.3. The summed E-state index contributed by atoms with van der Waals surface area (Å²) in [4.78, 5) is 14.6. The molecule has 102 valence electrons. The molecule has 0 radical (unpaired) electrons. The normalized spacial score (nSPS) is 9.80. The Labute approximate surface area is 118 Å². The number of nitrogens with zero attached hydrogens (tertiary/aromatic N) is 2. The second kappa shape index (κ2) is 6.04. The highest BCUT2D eigenvalue weighted by atomic mass is 32.1. The predicted molar refractivity (Wildman–Crippen MR) is 71.1 cm³/mol. The van der Waals surface area contributed by atoms with Crippen LogP contribution >= 0.6 is 11.3 Å². The monoisotopic (exact) mass is 290 g/mol. The Hall–Kier alpha value is -2.59. The van der Waals surface area contributed by atoms with Gasteiger partial charge in [-0.3, -0.25) is 0 Å². The summed E-state index contributed by atoms with van der Waals surface area (Å²) in [7, 11) is 1.48. The Morgan fingerprint density at radius 2 is 2.30 bits per heavy atom. The van der Waals surface area contributed by atoms with E-state index >= 15 is 0 Å². The van der Waals surface area contributed by atoms with E-state index in [1.54, 1.807) is 23.6 Å². The van der Waals surface area contributed by atoms with Gasteiger partial charge in [-0.1, -0.05) is 0 Å². The highest BCUT2D eigenvalue weighted by molar-refractivity contribution is 7.11. The van der Waals surface area contributed by atoms with Gasteiger partial charge >= 0.3 is 5.97 Å². The number of benzene rings is 1. The van der Waals surface area contributed by atoms with Crippen LogP contribution in [0, 0.1) is 11.3 Å². The molecule has 0 spiro atoms. The molecular weight excluding hydrogens is 280 g/mol. The number of rotatable bonds is 5. The van der Waals surface area contributed by atoms with Crippen LogP contribution in [0.5, 0.6) is 11.5 Å². The van der Waals surface area contributed by atoms with Crippen molar-refractivity contribution in [3.63, 3.8) is 0 Å². The first-order valence-electron chi connectivity index (χ1n) is 5.52. The molecule has 0 amide bonds. The maximum absolute atomic E-state index is 10.7. The van der Waals surface area contributed by atoms with Gasteiger partial charge in [0.2, 0.25) is 5.01 Å². The van der Waals surface area contributed by atoms with Gasteiger partial charge in [-0.2, -0.15) is 5.26 Å². The van der Waals surface area contributed by atoms with Crippen LogP contribution in [0.4, 0.5) is 0 Å². The number of carboxylic acids is 1. The molecule has 20 heavy (non-hydrogen) atoms. The molecule has 0 atom stereocenters. The lowest BCUT2D eigenvalue weighted by Gasteiger charge is -2.09. The first kappa shape index (κ1) is 13.8. The smallest absolute Gasteiger partial charge is 0.365 e. The van der Waals surface area contributed by atoms with E-state index in [1.165, 1.54) is 7.11 Å². The fraction of sp³-hybridized carbons (Fsp3) is 0.154. The van der Waals surface area contributed by atoms with Gasteiger partial charge in [-0.15, -0.1) is 11.3 Å². The largest absolute Gasteiger partial charge is 0.493 e. The van der Waals surface area contributed by atoms with Crippen LogP contribution in [0.3, 0.4) is 0 Å². The zero-order valence-electron chi connectivity index (χ0n) is 10.5. The van der Waals surface area contributed by atoms with Crippen molar-refractivity contribution in [2.45, 2.75) is 6.61 Å². The minimum atomic E-state index is -1.06. The fourth-order valence-electron chi connectivity index (χ4n) is 1.48. The lowest BCUT2D eigenvalue weighted by molar-refractivity contribution is 0.0696. The van der Waals surface area contributed by atoms with E-state index in [1.807, 2.05) is 6.07 Å². The molecule has 0 aliphatic rings. The highest BCUT2D eigenvalue weighted by Gasteiger charge is 2.11. The van der Waals surface area contributed by atoms with E-state index in [2.05, 4.69) is 4.98 Å². The first-order chi connectivity index (χ1) is 9.63. The molecule has 1 heterocycles. The number of aromatic nitrogens is 1. The topological polar surface area (TPSA) is 92.4 Å². The summed E-state index contributed by atoms with van der Waals surface area (Å²) in [6.07, 6.45) is 0. The number of nitriles is 1. The lowest BCUT2D eigenvalue weighted by Crippen LogP contribution is -2.00. The molecule has 1 aromatic carbocycles. The molecular formula is C13H10N2O4S. The van der Waals surface area contributed by atoms with E-state index in [9.17, 15) is 4.79 Å². The third-order valence-electron chi connectivity index (χ3n) is 2.40. The number of thiazole rings is 1. The van der Waals surface area contributed by atoms with Gasteiger partial charge in [0.15, 0.2) is 11.5 Å². The van der Waals surface area contributed by atoms with Crippen LogP contribution in [0.25, 0.3) is 0 Å². The van der Waals surface area contributed by atoms with Gasteiger partial charge in [0.25, 0.3) is 0 Å². The number of hydrogen-bond donors (Lipinski definition) is 1. The Morgan fingerprint density at radius 1 is 1.50 bits per heavy atom. The van der Waals surface area contributed by atoms with Crippen molar-refractivity contribution in [3.8, 4) is 17.6 Å². The Morgan fingerprint density at radius 3 is 2.90 bits per heavy atom. The van der Waals surface area contributed by atoms with Gasteiger partial charge in [0, 0.05) is 11.4 Å². The summed E-state index contributed by atoms with van der Waals surface area (Å²) in [5.41, 5.74) is 0.995. The first-order valence-corrected chi connectivity index (χ1v) is 6.40.